The zero-order valence-electron chi connectivity index (χ0n) is 11.6. The normalized spacial score (nSPS) is 24.4. The van der Waals surface area contributed by atoms with Gasteiger partial charge in [-0.3, -0.25) is 4.68 Å². The lowest BCUT2D eigenvalue weighted by atomic mass is 9.88. The van der Waals surface area contributed by atoms with Gasteiger partial charge < -0.3 is 4.74 Å². The molecule has 0 amide bonds. The average molecular weight is 315 g/mol. The highest BCUT2D eigenvalue weighted by Crippen LogP contribution is 2.28. The third-order valence-corrected chi connectivity index (χ3v) is 4.89. The highest BCUT2D eigenvalue weighted by atomic mass is 79.9. The molecule has 4 heteroatoms. The van der Waals surface area contributed by atoms with E-state index in [2.05, 4.69) is 34.9 Å². The molecule has 1 aromatic heterocycles. The monoisotopic (exact) mass is 314 g/mol. The van der Waals surface area contributed by atoms with Crippen LogP contribution in [0.2, 0.25) is 0 Å². The van der Waals surface area contributed by atoms with Gasteiger partial charge in [0.1, 0.15) is 0 Å². The van der Waals surface area contributed by atoms with E-state index >= 15 is 0 Å². The molecule has 2 atom stereocenters. The fourth-order valence-corrected chi connectivity index (χ4v) is 3.42. The standard InChI is InChI=1S/C14H23BrN2O/c1-4-11-14(15)12(17(3)16-11)9-18-13-8-6-5-7-10(13)2/h10,13H,4-9H2,1-3H3. The molecule has 0 bridgehead atoms. The van der Waals surface area contributed by atoms with E-state index in [0.29, 0.717) is 18.6 Å². The third-order valence-electron chi connectivity index (χ3n) is 3.97. The molecule has 3 nitrogen and oxygen atoms in total. The van der Waals surface area contributed by atoms with Gasteiger partial charge in [-0.25, -0.2) is 0 Å². The van der Waals surface area contributed by atoms with E-state index in [9.17, 15) is 0 Å². The Hall–Kier alpha value is -0.350. The maximum absolute atomic E-state index is 6.11. The van der Waals surface area contributed by atoms with E-state index in [1.807, 2.05) is 11.7 Å². The summed E-state index contributed by atoms with van der Waals surface area (Å²) in [5, 5.41) is 4.50. The fraction of sp³-hybridized carbons (Fsp3) is 0.786. The lowest BCUT2D eigenvalue weighted by Crippen LogP contribution is -2.25. The molecule has 18 heavy (non-hydrogen) atoms. The van der Waals surface area contributed by atoms with Gasteiger partial charge in [-0.1, -0.05) is 26.7 Å². The van der Waals surface area contributed by atoms with Crippen molar-refractivity contribution in [1.82, 2.24) is 9.78 Å². The van der Waals surface area contributed by atoms with E-state index in [-0.39, 0.29) is 0 Å². The topological polar surface area (TPSA) is 27.1 Å². The maximum Gasteiger partial charge on any atom is 0.0900 e. The summed E-state index contributed by atoms with van der Waals surface area (Å²) in [4.78, 5) is 0. The average Bonchev–Trinajstić information content (AvgIpc) is 2.64. The van der Waals surface area contributed by atoms with Crippen molar-refractivity contribution < 1.29 is 4.74 Å². The van der Waals surface area contributed by atoms with E-state index in [1.54, 1.807) is 0 Å². The minimum Gasteiger partial charge on any atom is -0.372 e. The van der Waals surface area contributed by atoms with Crippen molar-refractivity contribution >= 4 is 15.9 Å². The Labute approximate surface area is 118 Å². The van der Waals surface area contributed by atoms with Crippen LogP contribution in [-0.4, -0.2) is 15.9 Å². The number of hydrogen-bond acceptors (Lipinski definition) is 2. The van der Waals surface area contributed by atoms with Gasteiger partial charge in [0.2, 0.25) is 0 Å². The van der Waals surface area contributed by atoms with Crippen molar-refractivity contribution in [1.29, 1.82) is 0 Å². The molecule has 1 aromatic rings. The zero-order chi connectivity index (χ0) is 13.1. The summed E-state index contributed by atoms with van der Waals surface area (Å²) in [5.74, 6) is 0.691. The van der Waals surface area contributed by atoms with Crippen LogP contribution >= 0.6 is 15.9 Å². The van der Waals surface area contributed by atoms with Crippen LogP contribution in [-0.2, 0) is 24.8 Å². The highest BCUT2D eigenvalue weighted by Gasteiger charge is 2.23. The molecule has 0 saturated heterocycles. The first kappa shape index (κ1) is 14.1. The molecule has 1 saturated carbocycles. The van der Waals surface area contributed by atoms with Crippen molar-refractivity contribution in [3.05, 3.63) is 15.9 Å². The zero-order valence-corrected chi connectivity index (χ0v) is 13.2. The van der Waals surface area contributed by atoms with Gasteiger partial charge in [0.15, 0.2) is 0 Å². The van der Waals surface area contributed by atoms with Crippen LogP contribution in [0.25, 0.3) is 0 Å². The van der Waals surface area contributed by atoms with E-state index < -0.39 is 0 Å². The number of halogens is 1. The second kappa shape index (κ2) is 6.20. The third kappa shape index (κ3) is 2.97. The Morgan fingerprint density at radius 3 is 2.72 bits per heavy atom. The van der Waals surface area contributed by atoms with Crippen LogP contribution in [0.5, 0.6) is 0 Å². The molecule has 1 heterocycles. The lowest BCUT2D eigenvalue weighted by Gasteiger charge is -2.28. The number of hydrogen-bond donors (Lipinski definition) is 0. The fourth-order valence-electron chi connectivity index (χ4n) is 2.69. The van der Waals surface area contributed by atoms with Crippen LogP contribution in [0.15, 0.2) is 4.47 Å². The predicted molar refractivity (Wildman–Crippen MR) is 76.5 cm³/mol. The molecule has 1 aliphatic carbocycles. The van der Waals surface area contributed by atoms with Gasteiger partial charge in [-0.05, 0) is 41.1 Å². The molecule has 2 rings (SSSR count). The first-order valence-corrected chi connectivity index (χ1v) is 7.74. The molecular formula is C14H23BrN2O. The Morgan fingerprint density at radius 2 is 2.11 bits per heavy atom. The summed E-state index contributed by atoms with van der Waals surface area (Å²) in [7, 11) is 1.99. The van der Waals surface area contributed by atoms with Gasteiger partial charge in [-0.2, -0.15) is 5.10 Å². The molecule has 0 aromatic carbocycles. The van der Waals surface area contributed by atoms with Gasteiger partial charge in [-0.15, -0.1) is 0 Å². The Kier molecular flexibility index (Phi) is 4.84. The predicted octanol–water partition coefficient (Wildman–Crippen LogP) is 3.84. The SMILES string of the molecule is CCc1nn(C)c(COC2CCCCC2C)c1Br. The van der Waals surface area contributed by atoms with E-state index in [4.69, 9.17) is 4.74 Å². The smallest absolute Gasteiger partial charge is 0.0900 e. The van der Waals surface area contributed by atoms with Crippen LogP contribution in [0.1, 0.15) is 50.9 Å². The molecule has 1 aliphatic rings. The van der Waals surface area contributed by atoms with Crippen molar-refractivity contribution in [2.45, 2.75) is 58.7 Å². The first-order valence-electron chi connectivity index (χ1n) is 6.95. The van der Waals surface area contributed by atoms with Crippen molar-refractivity contribution in [2.24, 2.45) is 13.0 Å². The summed E-state index contributed by atoms with van der Waals surface area (Å²) < 4.78 is 9.17. The molecule has 0 N–H and O–H groups in total. The summed E-state index contributed by atoms with van der Waals surface area (Å²) in [6, 6.07) is 0. The highest BCUT2D eigenvalue weighted by molar-refractivity contribution is 9.10. The number of ether oxygens (including phenoxy) is 1. The maximum atomic E-state index is 6.11. The molecule has 1 fully saturated rings. The quantitative estimate of drug-likeness (QED) is 0.844. The van der Waals surface area contributed by atoms with Crippen LogP contribution < -0.4 is 0 Å². The number of nitrogens with zero attached hydrogens (tertiary/aromatic N) is 2. The van der Waals surface area contributed by atoms with Gasteiger partial charge >= 0.3 is 0 Å². The van der Waals surface area contributed by atoms with Crippen molar-refractivity contribution in [3.8, 4) is 0 Å². The minimum absolute atomic E-state index is 0.422. The van der Waals surface area contributed by atoms with Crippen molar-refractivity contribution in [2.75, 3.05) is 0 Å². The molecule has 2 unspecified atom stereocenters. The van der Waals surface area contributed by atoms with Gasteiger partial charge in [0.25, 0.3) is 0 Å². The molecule has 0 aliphatic heterocycles. The number of aromatic nitrogens is 2. The van der Waals surface area contributed by atoms with Gasteiger partial charge in [0.05, 0.1) is 28.6 Å². The van der Waals surface area contributed by atoms with Crippen LogP contribution in [0.4, 0.5) is 0 Å². The second-order valence-electron chi connectivity index (χ2n) is 5.30. The van der Waals surface area contributed by atoms with E-state index in [1.165, 1.54) is 25.7 Å². The Balaban J connectivity index is 1.99. The Bertz CT molecular complexity index is 403. The second-order valence-corrected chi connectivity index (χ2v) is 6.09. The van der Waals surface area contributed by atoms with Crippen LogP contribution in [0.3, 0.4) is 0 Å². The number of aryl methyl sites for hydroxylation is 2. The summed E-state index contributed by atoms with van der Waals surface area (Å²) in [6.45, 7) is 5.10. The molecular weight excluding hydrogens is 292 g/mol. The van der Waals surface area contributed by atoms with Crippen molar-refractivity contribution in [3.63, 3.8) is 0 Å². The first-order chi connectivity index (χ1) is 8.63. The largest absolute Gasteiger partial charge is 0.372 e. The molecule has 0 radical (unpaired) electrons. The number of rotatable bonds is 4. The molecule has 0 spiro atoms. The lowest BCUT2D eigenvalue weighted by molar-refractivity contribution is -0.0181. The molecule has 102 valence electrons. The summed E-state index contributed by atoms with van der Waals surface area (Å²) >= 11 is 3.64. The Morgan fingerprint density at radius 1 is 1.39 bits per heavy atom. The minimum atomic E-state index is 0.422. The summed E-state index contributed by atoms with van der Waals surface area (Å²) in [6.07, 6.45) is 6.55. The van der Waals surface area contributed by atoms with Crippen LogP contribution in [0, 0.1) is 5.92 Å². The van der Waals surface area contributed by atoms with Gasteiger partial charge in [0, 0.05) is 7.05 Å². The van der Waals surface area contributed by atoms with E-state index in [0.717, 1.165) is 22.3 Å². The summed E-state index contributed by atoms with van der Waals surface area (Å²) in [5.41, 5.74) is 2.28.